The number of amides is 10. The van der Waals surface area contributed by atoms with Crippen LogP contribution in [0.25, 0.3) is 0 Å². The number of aliphatic hydroxyl groups is 1. The number of primary amides is 1. The van der Waals surface area contributed by atoms with Crippen molar-refractivity contribution >= 4 is 71.0 Å². The summed E-state index contributed by atoms with van der Waals surface area (Å²) in [6.45, 7) is 13.4. The molecule has 1 heterocycles. The summed E-state index contributed by atoms with van der Waals surface area (Å²) >= 11 is 0. The van der Waals surface area contributed by atoms with Crippen LogP contribution >= 0.6 is 0 Å². The van der Waals surface area contributed by atoms with Crippen LogP contribution in [-0.4, -0.2) is 163 Å². The summed E-state index contributed by atoms with van der Waals surface area (Å²) < 4.78 is 0. The minimum Gasteiger partial charge on any atom is -0.481 e. The third kappa shape index (κ3) is 23.2. The quantitative estimate of drug-likeness (QED) is 0.0316. The Morgan fingerprint density at radius 3 is 1.55 bits per heavy atom. The molecule has 0 aliphatic carbocycles. The van der Waals surface area contributed by atoms with Crippen LogP contribution in [-0.2, 0) is 64.0 Å². The van der Waals surface area contributed by atoms with Crippen LogP contribution < -0.4 is 59.3 Å². The zero-order chi connectivity index (χ0) is 55.9. The number of H-pyrrole nitrogens is 1. The lowest BCUT2D eigenvalue weighted by molar-refractivity contribution is -0.143. The van der Waals surface area contributed by atoms with Crippen molar-refractivity contribution in [3.8, 4) is 0 Å². The van der Waals surface area contributed by atoms with E-state index in [0.717, 1.165) is 0 Å². The van der Waals surface area contributed by atoms with E-state index in [1.54, 1.807) is 41.5 Å². The van der Waals surface area contributed by atoms with Crippen LogP contribution in [0.1, 0.15) is 107 Å². The van der Waals surface area contributed by atoms with Gasteiger partial charge in [-0.05, 0) is 57.8 Å². The maximum absolute atomic E-state index is 14.0. The summed E-state index contributed by atoms with van der Waals surface area (Å²) in [4.78, 5) is 162. The fraction of sp³-hybridized carbons (Fsp3) is 0.667. The topological polar surface area (TPSA) is 455 Å². The fourth-order valence-electron chi connectivity index (χ4n) is 6.91. The monoisotopic (exact) mass is 1040 g/mol. The van der Waals surface area contributed by atoms with Gasteiger partial charge in [0.15, 0.2) is 0 Å². The van der Waals surface area contributed by atoms with Gasteiger partial charge in [0.05, 0.1) is 25.4 Å². The zero-order valence-electron chi connectivity index (χ0n) is 42.7. The minimum atomic E-state index is -1.63. The standard InChI is InChI=1S/C45H75N13O15/c1-10-22(6)35(43(70)55-28(13-20(2)3)42(69)58-36(25(9)59)44(71)56-31(45(72)73)14-21(4)5)57-39(66)27(11-12-34(62)63)53-38(65)24(8)50-37(64)23(7)51-40(67)29(15-26-18-48-19-49-26)54-41(68)30(16-32(47)60)52-33(61)17-46/h18-25,27-31,35-36,59H,10-17,46H2,1-9H3,(H2,47,60)(H,48,49)(H,50,64)(H,51,67)(H,52,61)(H,53,65)(H,54,68)(H,55,70)(H,56,71)(H,57,66)(H,58,69)(H,62,63)(H,72,73)/t22-,23-,24-,25+,27-,28-,29-,30-,31-,35-,36-/m0/s1. The number of aromatic nitrogens is 2. The number of nitrogens with zero attached hydrogens (tertiary/aromatic N) is 1. The molecule has 17 N–H and O–H groups in total. The Labute approximate surface area is 422 Å². The molecular formula is C45H75N13O15. The van der Waals surface area contributed by atoms with E-state index < -0.39 is 163 Å². The predicted octanol–water partition coefficient (Wildman–Crippen LogP) is -4.34. The summed E-state index contributed by atoms with van der Waals surface area (Å²) in [5.41, 5.74) is 10.9. The smallest absolute Gasteiger partial charge is 0.326 e. The summed E-state index contributed by atoms with van der Waals surface area (Å²) in [5, 5.41) is 51.2. The number of hydrogen-bond acceptors (Lipinski definition) is 15. The van der Waals surface area contributed by atoms with Crippen molar-refractivity contribution in [3.05, 3.63) is 18.2 Å². The van der Waals surface area contributed by atoms with Crippen LogP contribution in [0.5, 0.6) is 0 Å². The average molecular weight is 1040 g/mol. The Bertz CT molecular complexity index is 2090. The van der Waals surface area contributed by atoms with Crippen LogP contribution in [0.4, 0.5) is 0 Å². The van der Waals surface area contributed by atoms with Gasteiger partial charge >= 0.3 is 11.9 Å². The van der Waals surface area contributed by atoms with Gasteiger partial charge in [-0.25, -0.2) is 9.78 Å². The number of carboxylic acids is 2. The Kier molecular flexibility index (Phi) is 27.3. The fourth-order valence-corrected chi connectivity index (χ4v) is 6.91. The predicted molar refractivity (Wildman–Crippen MR) is 258 cm³/mol. The first-order chi connectivity index (χ1) is 34.0. The van der Waals surface area contributed by atoms with Gasteiger partial charge in [-0.1, -0.05) is 48.0 Å². The number of carbonyl (C=O) groups is 12. The van der Waals surface area contributed by atoms with Gasteiger partial charge in [0, 0.05) is 24.7 Å². The molecule has 1 aromatic rings. The Hall–Kier alpha value is -7.23. The number of rotatable bonds is 33. The largest absolute Gasteiger partial charge is 0.481 e. The van der Waals surface area contributed by atoms with Gasteiger partial charge in [-0.2, -0.15) is 0 Å². The van der Waals surface area contributed by atoms with E-state index in [9.17, 15) is 72.9 Å². The molecular weight excluding hydrogens is 963 g/mol. The molecule has 28 nitrogen and oxygen atoms in total. The molecule has 0 bridgehead atoms. The zero-order valence-corrected chi connectivity index (χ0v) is 42.7. The van der Waals surface area contributed by atoms with E-state index in [1.807, 2.05) is 0 Å². The molecule has 0 fully saturated rings. The van der Waals surface area contributed by atoms with E-state index >= 15 is 0 Å². The van der Waals surface area contributed by atoms with Gasteiger partial charge in [-0.3, -0.25) is 52.7 Å². The van der Waals surface area contributed by atoms with E-state index in [2.05, 4.69) is 57.8 Å². The molecule has 11 atom stereocenters. The summed E-state index contributed by atoms with van der Waals surface area (Å²) in [6, 6.07) is -13.1. The van der Waals surface area contributed by atoms with Crippen molar-refractivity contribution in [2.75, 3.05) is 6.54 Å². The third-order valence-corrected chi connectivity index (χ3v) is 11.2. The molecule has 0 aliphatic rings. The number of carbonyl (C=O) groups excluding carboxylic acids is 10. The summed E-state index contributed by atoms with van der Waals surface area (Å²) in [5.74, 6) is -13.0. The van der Waals surface area contributed by atoms with E-state index in [4.69, 9.17) is 11.5 Å². The molecule has 0 unspecified atom stereocenters. The van der Waals surface area contributed by atoms with Crippen molar-refractivity contribution in [3.63, 3.8) is 0 Å². The van der Waals surface area contributed by atoms with Crippen LogP contribution in [0.3, 0.4) is 0 Å². The van der Waals surface area contributed by atoms with E-state index in [0.29, 0.717) is 5.69 Å². The molecule has 73 heavy (non-hydrogen) atoms. The molecule has 0 saturated heterocycles. The van der Waals surface area contributed by atoms with E-state index in [-0.39, 0.29) is 37.5 Å². The highest BCUT2D eigenvalue weighted by Crippen LogP contribution is 2.14. The Morgan fingerprint density at radius 1 is 0.589 bits per heavy atom. The van der Waals surface area contributed by atoms with Gasteiger partial charge < -0.3 is 79.6 Å². The molecule has 10 amide bonds. The summed E-state index contributed by atoms with van der Waals surface area (Å²) in [6.07, 6.45) is -0.502. The highest BCUT2D eigenvalue weighted by molar-refractivity contribution is 5.99. The lowest BCUT2D eigenvalue weighted by atomic mass is 9.96. The van der Waals surface area contributed by atoms with Gasteiger partial charge in [-0.15, -0.1) is 0 Å². The minimum absolute atomic E-state index is 0.00113. The van der Waals surface area contributed by atoms with Gasteiger partial charge in [0.25, 0.3) is 0 Å². The van der Waals surface area contributed by atoms with Gasteiger partial charge in [0.1, 0.15) is 54.4 Å². The maximum Gasteiger partial charge on any atom is 0.326 e. The SMILES string of the molecule is CC[C@H](C)[C@H](NC(=O)[C@H](CCC(=O)O)NC(=O)[C@H](C)NC(=O)[C@H](C)NC(=O)[C@H](Cc1cnc[nH]1)NC(=O)[C@H](CC(N)=O)NC(=O)CN)C(=O)N[C@@H](CC(C)C)C(=O)N[C@H](C(=O)N[C@@H](CC(C)C)C(=O)O)[C@@H](C)O. The van der Waals surface area contributed by atoms with Crippen LogP contribution in [0.15, 0.2) is 12.5 Å². The van der Waals surface area contributed by atoms with Crippen molar-refractivity contribution in [1.82, 2.24) is 57.8 Å². The first kappa shape index (κ1) is 63.8. The molecule has 1 aromatic heterocycles. The number of aliphatic hydroxyl groups excluding tert-OH is 1. The summed E-state index contributed by atoms with van der Waals surface area (Å²) in [7, 11) is 0. The van der Waals surface area contributed by atoms with Crippen molar-refractivity contribution < 1.29 is 72.9 Å². The lowest BCUT2D eigenvalue weighted by Gasteiger charge is -2.30. The molecule has 410 valence electrons. The van der Waals surface area contributed by atoms with Crippen molar-refractivity contribution in [2.24, 2.45) is 29.2 Å². The molecule has 1 rings (SSSR count). The van der Waals surface area contributed by atoms with E-state index in [1.165, 1.54) is 33.3 Å². The van der Waals surface area contributed by atoms with Crippen LogP contribution in [0.2, 0.25) is 0 Å². The van der Waals surface area contributed by atoms with Crippen molar-refractivity contribution in [2.45, 2.75) is 168 Å². The molecule has 0 radical (unpaired) electrons. The number of carboxylic acid groups (broad SMARTS) is 2. The second-order valence-electron chi connectivity index (χ2n) is 18.6. The highest BCUT2D eigenvalue weighted by atomic mass is 16.4. The maximum atomic E-state index is 14.0. The Balaban J connectivity index is 3.27. The third-order valence-electron chi connectivity index (χ3n) is 11.2. The highest BCUT2D eigenvalue weighted by Gasteiger charge is 2.37. The number of hydrogen-bond donors (Lipinski definition) is 15. The van der Waals surface area contributed by atoms with Crippen LogP contribution in [0, 0.1) is 17.8 Å². The normalized spacial score (nSPS) is 15.7. The number of imidazole rings is 1. The number of nitrogens with two attached hydrogens (primary N) is 2. The molecule has 28 heteroatoms. The Morgan fingerprint density at radius 2 is 1.05 bits per heavy atom. The molecule has 0 spiro atoms. The van der Waals surface area contributed by atoms with Crippen molar-refractivity contribution in [1.29, 1.82) is 0 Å². The number of aliphatic carboxylic acids is 2. The first-order valence-electron chi connectivity index (χ1n) is 23.8. The average Bonchev–Trinajstić information content (AvgIpc) is 3.82. The number of aromatic amines is 1. The number of nitrogens with one attached hydrogen (secondary N) is 10. The molecule has 0 aliphatic heterocycles. The second kappa shape index (κ2) is 31.3. The molecule has 0 saturated carbocycles. The first-order valence-corrected chi connectivity index (χ1v) is 23.8. The lowest BCUT2D eigenvalue weighted by Crippen LogP contribution is -2.62. The molecule has 0 aromatic carbocycles. The van der Waals surface area contributed by atoms with Gasteiger partial charge in [0.2, 0.25) is 59.1 Å². The second-order valence-corrected chi connectivity index (χ2v) is 18.6.